The molecule has 1 fully saturated rings. The molecule has 32 heavy (non-hydrogen) atoms. The Bertz CT molecular complexity index is 1230. The maximum Gasteiger partial charge on any atom is 0.295 e. The van der Waals surface area contributed by atoms with Gasteiger partial charge in [0, 0.05) is 19.3 Å². The number of rotatable bonds is 6. The van der Waals surface area contributed by atoms with Gasteiger partial charge in [-0.3, -0.25) is 14.0 Å². The van der Waals surface area contributed by atoms with Gasteiger partial charge >= 0.3 is 0 Å². The van der Waals surface area contributed by atoms with Crippen molar-refractivity contribution in [2.24, 2.45) is 0 Å². The molecule has 1 N–H and O–H groups in total. The molecule has 8 nitrogen and oxygen atoms in total. The van der Waals surface area contributed by atoms with Gasteiger partial charge in [0.1, 0.15) is 17.1 Å². The van der Waals surface area contributed by atoms with Crippen molar-refractivity contribution in [1.29, 1.82) is 0 Å². The second kappa shape index (κ2) is 8.47. The van der Waals surface area contributed by atoms with Crippen LogP contribution in [0.15, 0.2) is 54.2 Å². The lowest BCUT2D eigenvalue weighted by Crippen LogP contribution is -2.35. The van der Waals surface area contributed by atoms with E-state index in [1.165, 1.54) is 4.90 Å². The standard InChI is InChI=1S/C24H26N4O4/c1-15-20(27-11-6-5-10-18(27)25-15)22(29)19-21(16-8-7-9-17(14-16)32-4)28(13-12-26(2)3)24(31)23(19)30/h5-11,14,21,29H,12-13H2,1-4H3/t21-/m0/s1. The van der Waals surface area contributed by atoms with E-state index in [1.54, 1.807) is 42.8 Å². The normalized spacial score (nSPS) is 18.2. The Morgan fingerprint density at radius 1 is 1.19 bits per heavy atom. The molecule has 4 rings (SSSR count). The van der Waals surface area contributed by atoms with E-state index in [0.717, 1.165) is 0 Å². The number of aromatic nitrogens is 2. The first kappa shape index (κ1) is 21.6. The average molecular weight is 434 g/mol. The molecule has 0 spiro atoms. The number of fused-ring (bicyclic) bond motifs is 1. The lowest BCUT2D eigenvalue weighted by molar-refractivity contribution is -0.140. The fraction of sp³-hybridized carbons (Fsp3) is 0.292. The Hall–Kier alpha value is -3.65. The maximum absolute atomic E-state index is 13.2. The van der Waals surface area contributed by atoms with Crippen LogP contribution in [0.1, 0.15) is 23.0 Å². The zero-order valence-electron chi connectivity index (χ0n) is 18.6. The van der Waals surface area contributed by atoms with E-state index in [9.17, 15) is 14.7 Å². The molecule has 166 valence electrons. The van der Waals surface area contributed by atoms with Crippen LogP contribution in [0.5, 0.6) is 5.75 Å². The topological polar surface area (TPSA) is 87.4 Å². The number of likely N-dealkylation sites (N-methyl/N-ethyl adjacent to an activating group) is 1. The van der Waals surface area contributed by atoms with Gasteiger partial charge in [0.2, 0.25) is 0 Å². The Balaban J connectivity index is 1.93. The number of aliphatic hydroxyl groups is 1. The van der Waals surface area contributed by atoms with Crippen molar-refractivity contribution in [2.45, 2.75) is 13.0 Å². The fourth-order valence-electron chi connectivity index (χ4n) is 4.10. The van der Waals surface area contributed by atoms with Crippen LogP contribution in [0.25, 0.3) is 11.4 Å². The summed E-state index contributed by atoms with van der Waals surface area (Å²) in [5, 5.41) is 11.4. The molecule has 1 saturated heterocycles. The predicted molar refractivity (Wildman–Crippen MR) is 120 cm³/mol. The molecule has 0 unspecified atom stereocenters. The largest absolute Gasteiger partial charge is 0.505 e. The number of ketones is 1. The highest BCUT2D eigenvalue weighted by atomic mass is 16.5. The van der Waals surface area contributed by atoms with Gasteiger partial charge in [-0.25, -0.2) is 4.98 Å². The summed E-state index contributed by atoms with van der Waals surface area (Å²) in [6, 6.07) is 12.0. The van der Waals surface area contributed by atoms with Crippen molar-refractivity contribution >= 4 is 23.1 Å². The number of aryl methyl sites for hydroxylation is 1. The fourth-order valence-corrected chi connectivity index (χ4v) is 4.10. The number of carbonyl (C=O) groups excluding carboxylic acids is 2. The number of methoxy groups -OCH3 is 1. The van der Waals surface area contributed by atoms with Crippen LogP contribution in [-0.2, 0) is 9.59 Å². The van der Waals surface area contributed by atoms with Gasteiger partial charge in [0.25, 0.3) is 11.7 Å². The summed E-state index contributed by atoms with van der Waals surface area (Å²) < 4.78 is 7.08. The number of imidazole rings is 1. The highest BCUT2D eigenvalue weighted by Crippen LogP contribution is 2.40. The van der Waals surface area contributed by atoms with E-state index in [1.807, 2.05) is 43.3 Å². The number of likely N-dealkylation sites (tertiary alicyclic amines) is 1. The molecule has 3 heterocycles. The zero-order chi connectivity index (χ0) is 23.0. The second-order valence-electron chi connectivity index (χ2n) is 8.05. The van der Waals surface area contributed by atoms with Gasteiger partial charge in [-0.2, -0.15) is 0 Å². The smallest absolute Gasteiger partial charge is 0.295 e. The van der Waals surface area contributed by atoms with Crippen molar-refractivity contribution in [3.8, 4) is 5.75 Å². The summed E-state index contributed by atoms with van der Waals surface area (Å²) in [4.78, 5) is 34.2. The van der Waals surface area contributed by atoms with Crippen molar-refractivity contribution < 1.29 is 19.4 Å². The monoisotopic (exact) mass is 434 g/mol. The number of pyridine rings is 1. The molecule has 0 aliphatic carbocycles. The molecule has 1 aliphatic heterocycles. The second-order valence-corrected chi connectivity index (χ2v) is 8.05. The van der Waals surface area contributed by atoms with E-state index < -0.39 is 17.7 Å². The number of carbonyl (C=O) groups is 2. The Kier molecular flexibility index (Phi) is 5.71. The number of hydrogen-bond acceptors (Lipinski definition) is 6. The van der Waals surface area contributed by atoms with Gasteiger partial charge in [0.15, 0.2) is 5.76 Å². The number of nitrogens with zero attached hydrogens (tertiary/aromatic N) is 4. The summed E-state index contributed by atoms with van der Waals surface area (Å²) in [5.74, 6) is -0.974. The number of benzene rings is 1. The molecule has 0 saturated carbocycles. The summed E-state index contributed by atoms with van der Waals surface area (Å²) in [6.45, 7) is 2.68. The average Bonchev–Trinajstić information content (AvgIpc) is 3.25. The molecule has 0 bridgehead atoms. The molecule has 1 amide bonds. The van der Waals surface area contributed by atoms with Gasteiger partial charge in [-0.15, -0.1) is 0 Å². The lowest BCUT2D eigenvalue weighted by Gasteiger charge is -2.26. The summed E-state index contributed by atoms with van der Waals surface area (Å²) in [6.07, 6.45) is 1.77. The highest BCUT2D eigenvalue weighted by Gasteiger charge is 2.46. The van der Waals surface area contributed by atoms with E-state index in [-0.39, 0.29) is 11.3 Å². The van der Waals surface area contributed by atoms with E-state index >= 15 is 0 Å². The molecule has 2 aromatic heterocycles. The first-order valence-corrected chi connectivity index (χ1v) is 10.3. The van der Waals surface area contributed by atoms with Crippen molar-refractivity contribution in [1.82, 2.24) is 19.2 Å². The van der Waals surface area contributed by atoms with Crippen LogP contribution in [0.4, 0.5) is 0 Å². The number of aliphatic hydroxyl groups excluding tert-OH is 1. The summed E-state index contributed by atoms with van der Waals surface area (Å²) >= 11 is 0. The van der Waals surface area contributed by atoms with Crippen LogP contribution in [0.3, 0.4) is 0 Å². The Morgan fingerprint density at radius 2 is 1.97 bits per heavy atom. The molecular formula is C24H26N4O4. The molecule has 1 atom stereocenters. The minimum absolute atomic E-state index is 0.0516. The third-order valence-corrected chi connectivity index (χ3v) is 5.67. The van der Waals surface area contributed by atoms with E-state index in [2.05, 4.69) is 4.98 Å². The third-order valence-electron chi connectivity index (χ3n) is 5.67. The van der Waals surface area contributed by atoms with E-state index in [4.69, 9.17) is 4.74 Å². The van der Waals surface area contributed by atoms with Gasteiger partial charge < -0.3 is 19.6 Å². The predicted octanol–water partition coefficient (Wildman–Crippen LogP) is 2.63. The molecule has 0 radical (unpaired) electrons. The van der Waals surface area contributed by atoms with Crippen LogP contribution in [0, 0.1) is 6.92 Å². The van der Waals surface area contributed by atoms with Crippen LogP contribution in [0.2, 0.25) is 0 Å². The lowest BCUT2D eigenvalue weighted by atomic mass is 9.96. The van der Waals surface area contributed by atoms with Gasteiger partial charge in [0.05, 0.1) is 24.4 Å². The summed E-state index contributed by atoms with van der Waals surface area (Å²) in [5.41, 5.74) is 2.36. The molecule has 3 aromatic rings. The number of ether oxygens (including phenoxy) is 1. The third kappa shape index (κ3) is 3.62. The van der Waals surface area contributed by atoms with Gasteiger partial charge in [-0.1, -0.05) is 18.2 Å². The van der Waals surface area contributed by atoms with E-state index in [0.29, 0.717) is 41.4 Å². The Labute approximate surface area is 186 Å². The first-order valence-electron chi connectivity index (χ1n) is 10.3. The SMILES string of the molecule is COc1cccc([C@H]2C(=C(O)c3c(C)nc4ccccn34)C(=O)C(=O)N2CCN(C)C)c1. The molecule has 1 aromatic carbocycles. The highest BCUT2D eigenvalue weighted by molar-refractivity contribution is 6.46. The molecular weight excluding hydrogens is 408 g/mol. The zero-order valence-corrected chi connectivity index (χ0v) is 18.6. The number of Topliss-reactive ketones (excluding diaryl/α,β-unsaturated/α-hetero) is 1. The number of amides is 1. The van der Waals surface area contributed by atoms with Crippen molar-refractivity contribution in [3.05, 3.63) is 71.2 Å². The number of hydrogen-bond donors (Lipinski definition) is 1. The summed E-state index contributed by atoms with van der Waals surface area (Å²) in [7, 11) is 5.36. The van der Waals surface area contributed by atoms with Crippen LogP contribution in [-0.4, -0.2) is 70.3 Å². The van der Waals surface area contributed by atoms with Crippen molar-refractivity contribution in [2.75, 3.05) is 34.3 Å². The maximum atomic E-state index is 13.2. The Morgan fingerprint density at radius 3 is 2.69 bits per heavy atom. The molecule has 1 aliphatic rings. The first-order chi connectivity index (χ1) is 15.3. The quantitative estimate of drug-likeness (QED) is 0.365. The minimum Gasteiger partial charge on any atom is -0.505 e. The van der Waals surface area contributed by atoms with Crippen molar-refractivity contribution in [3.63, 3.8) is 0 Å². The minimum atomic E-state index is -0.737. The van der Waals surface area contributed by atoms with Crippen LogP contribution < -0.4 is 4.74 Å². The van der Waals surface area contributed by atoms with Gasteiger partial charge in [-0.05, 0) is 50.8 Å². The molecule has 8 heteroatoms. The van der Waals surface area contributed by atoms with Crippen LogP contribution >= 0.6 is 0 Å².